The van der Waals surface area contributed by atoms with Crippen LogP contribution in [0.5, 0.6) is 0 Å². The molecule has 0 heterocycles. The van der Waals surface area contributed by atoms with Crippen LogP contribution in [-0.4, -0.2) is 52.4 Å². The molecule has 4 nitrogen and oxygen atoms in total. The Morgan fingerprint density at radius 3 is 1.61 bits per heavy atom. The van der Waals surface area contributed by atoms with E-state index in [0.29, 0.717) is 12.0 Å². The largest absolute Gasteiger partial charge is 0.381 e. The number of hydrogen-bond acceptors (Lipinski definition) is 4. The quantitative estimate of drug-likeness (QED) is 0.309. The van der Waals surface area contributed by atoms with E-state index in [4.69, 9.17) is 18.9 Å². The standard InChI is InChI=1S/C29H54O4/c1-6-15-33-29-27(31-4)19-25(20-28(29)32-5)14-12-23-9-7-22(8-10-23)11-13-24-16-21(2)17-26(18-24)30-3/h21-29H,6-20H2,1-5H3/t21-,22?,23?,24?,25?,26?,27?,28?,29?/m1/s1. The molecule has 3 rings (SSSR count). The summed E-state index contributed by atoms with van der Waals surface area (Å²) in [6, 6.07) is 0. The van der Waals surface area contributed by atoms with Gasteiger partial charge in [-0.1, -0.05) is 58.8 Å². The highest BCUT2D eigenvalue weighted by Crippen LogP contribution is 2.40. The molecule has 0 aliphatic heterocycles. The van der Waals surface area contributed by atoms with Gasteiger partial charge >= 0.3 is 0 Å². The third-order valence-electron chi connectivity index (χ3n) is 9.25. The summed E-state index contributed by atoms with van der Waals surface area (Å²) in [4.78, 5) is 0. The normalized spacial score (nSPS) is 40.1. The lowest BCUT2D eigenvalue weighted by molar-refractivity contribution is -0.153. The van der Waals surface area contributed by atoms with E-state index in [1.807, 2.05) is 21.3 Å². The fraction of sp³-hybridized carbons (Fsp3) is 1.00. The van der Waals surface area contributed by atoms with Crippen LogP contribution in [0.25, 0.3) is 0 Å². The average Bonchev–Trinajstić information content (AvgIpc) is 2.84. The minimum Gasteiger partial charge on any atom is -0.381 e. The van der Waals surface area contributed by atoms with Crippen molar-refractivity contribution in [2.75, 3.05) is 27.9 Å². The molecule has 0 bridgehead atoms. The van der Waals surface area contributed by atoms with Gasteiger partial charge in [0.1, 0.15) is 6.10 Å². The van der Waals surface area contributed by atoms with E-state index in [1.165, 1.54) is 70.6 Å². The molecule has 0 spiro atoms. The third-order valence-corrected chi connectivity index (χ3v) is 9.25. The van der Waals surface area contributed by atoms with Gasteiger partial charge in [0.25, 0.3) is 0 Å². The number of methoxy groups -OCH3 is 3. The lowest BCUT2D eigenvalue weighted by Crippen LogP contribution is -2.48. The fourth-order valence-electron chi connectivity index (χ4n) is 7.28. The SMILES string of the molecule is CCCOC1C(OC)CC(CCC2CCC(CCC3CC(OC)C[C@H](C)C3)CC2)CC1OC. The molecule has 0 saturated heterocycles. The van der Waals surface area contributed by atoms with Gasteiger partial charge in [0.05, 0.1) is 18.3 Å². The first kappa shape index (κ1) is 27.4. The summed E-state index contributed by atoms with van der Waals surface area (Å²) in [5.74, 6) is 4.36. The van der Waals surface area contributed by atoms with Crippen LogP contribution in [0.4, 0.5) is 0 Å². The van der Waals surface area contributed by atoms with Gasteiger partial charge in [0.15, 0.2) is 0 Å². The smallest absolute Gasteiger partial charge is 0.110 e. The summed E-state index contributed by atoms with van der Waals surface area (Å²) in [5.41, 5.74) is 0. The van der Waals surface area contributed by atoms with E-state index in [2.05, 4.69) is 13.8 Å². The highest BCUT2D eigenvalue weighted by molar-refractivity contribution is 4.89. The monoisotopic (exact) mass is 466 g/mol. The molecule has 0 radical (unpaired) electrons. The van der Waals surface area contributed by atoms with Crippen LogP contribution in [0.1, 0.15) is 104 Å². The van der Waals surface area contributed by atoms with Crippen LogP contribution >= 0.6 is 0 Å². The van der Waals surface area contributed by atoms with Crippen LogP contribution < -0.4 is 0 Å². The van der Waals surface area contributed by atoms with Crippen molar-refractivity contribution in [1.82, 2.24) is 0 Å². The number of rotatable bonds is 12. The molecule has 33 heavy (non-hydrogen) atoms. The zero-order chi connectivity index (χ0) is 23.6. The van der Waals surface area contributed by atoms with Crippen molar-refractivity contribution in [1.29, 1.82) is 0 Å². The van der Waals surface area contributed by atoms with Gasteiger partial charge in [-0.05, 0) is 74.5 Å². The van der Waals surface area contributed by atoms with Crippen molar-refractivity contribution in [2.45, 2.75) is 128 Å². The van der Waals surface area contributed by atoms with E-state index >= 15 is 0 Å². The first-order valence-corrected chi connectivity index (χ1v) is 14.3. The summed E-state index contributed by atoms with van der Waals surface area (Å²) in [6.07, 6.45) is 19.7. The molecule has 3 aliphatic rings. The van der Waals surface area contributed by atoms with Gasteiger partial charge in [-0.15, -0.1) is 0 Å². The molecule has 0 aromatic carbocycles. The zero-order valence-corrected chi connectivity index (χ0v) is 22.4. The Morgan fingerprint density at radius 1 is 0.606 bits per heavy atom. The third kappa shape index (κ3) is 8.47. The predicted molar refractivity (Wildman–Crippen MR) is 136 cm³/mol. The second kappa shape index (κ2) is 14.4. The Balaban J connectivity index is 1.34. The van der Waals surface area contributed by atoms with Gasteiger partial charge in [-0.3, -0.25) is 0 Å². The van der Waals surface area contributed by atoms with Gasteiger partial charge < -0.3 is 18.9 Å². The van der Waals surface area contributed by atoms with Crippen molar-refractivity contribution < 1.29 is 18.9 Å². The first-order valence-electron chi connectivity index (χ1n) is 14.3. The molecular formula is C29H54O4. The Bertz CT molecular complexity index is 504. The van der Waals surface area contributed by atoms with Crippen LogP contribution in [0, 0.1) is 29.6 Å². The fourth-order valence-corrected chi connectivity index (χ4v) is 7.28. The Kier molecular flexibility index (Phi) is 12.0. The van der Waals surface area contributed by atoms with E-state index in [-0.39, 0.29) is 18.3 Å². The average molecular weight is 467 g/mol. The highest BCUT2D eigenvalue weighted by atomic mass is 16.6. The van der Waals surface area contributed by atoms with Crippen molar-refractivity contribution in [3.63, 3.8) is 0 Å². The maximum atomic E-state index is 6.12. The van der Waals surface area contributed by atoms with Crippen LogP contribution in [0.2, 0.25) is 0 Å². The highest BCUT2D eigenvalue weighted by Gasteiger charge is 2.39. The molecule has 4 unspecified atom stereocenters. The van der Waals surface area contributed by atoms with Gasteiger partial charge in [0, 0.05) is 27.9 Å². The topological polar surface area (TPSA) is 36.9 Å². The molecule has 0 aromatic heterocycles. The van der Waals surface area contributed by atoms with Gasteiger partial charge in [-0.25, -0.2) is 0 Å². The second-order valence-corrected chi connectivity index (χ2v) is 11.8. The number of ether oxygens (including phenoxy) is 4. The Morgan fingerprint density at radius 2 is 1.12 bits per heavy atom. The molecule has 3 saturated carbocycles. The van der Waals surface area contributed by atoms with Crippen LogP contribution in [0.3, 0.4) is 0 Å². The summed E-state index contributed by atoms with van der Waals surface area (Å²) in [7, 11) is 5.58. The maximum Gasteiger partial charge on any atom is 0.110 e. The molecule has 0 N–H and O–H groups in total. The van der Waals surface area contributed by atoms with E-state index < -0.39 is 0 Å². The van der Waals surface area contributed by atoms with Crippen LogP contribution in [0.15, 0.2) is 0 Å². The summed E-state index contributed by atoms with van der Waals surface area (Å²) < 4.78 is 23.5. The minimum absolute atomic E-state index is 0.0953. The van der Waals surface area contributed by atoms with Crippen molar-refractivity contribution in [2.24, 2.45) is 29.6 Å². The predicted octanol–water partition coefficient (Wildman–Crippen LogP) is 7.04. The first-order chi connectivity index (χ1) is 16.1. The molecule has 3 aliphatic carbocycles. The minimum atomic E-state index is 0.0953. The lowest BCUT2D eigenvalue weighted by Gasteiger charge is -2.41. The van der Waals surface area contributed by atoms with Gasteiger partial charge in [0.2, 0.25) is 0 Å². The maximum absolute atomic E-state index is 6.12. The second-order valence-electron chi connectivity index (χ2n) is 11.8. The van der Waals surface area contributed by atoms with Crippen LogP contribution in [-0.2, 0) is 18.9 Å². The molecular weight excluding hydrogens is 412 g/mol. The molecule has 0 aromatic rings. The van der Waals surface area contributed by atoms with Crippen molar-refractivity contribution in [3.05, 3.63) is 0 Å². The summed E-state index contributed by atoms with van der Waals surface area (Å²) in [6.45, 7) is 5.37. The molecule has 4 heteroatoms. The summed E-state index contributed by atoms with van der Waals surface area (Å²) >= 11 is 0. The molecule has 5 atom stereocenters. The van der Waals surface area contributed by atoms with E-state index in [0.717, 1.165) is 49.5 Å². The zero-order valence-electron chi connectivity index (χ0n) is 22.4. The van der Waals surface area contributed by atoms with Crippen molar-refractivity contribution in [3.8, 4) is 0 Å². The van der Waals surface area contributed by atoms with Gasteiger partial charge in [-0.2, -0.15) is 0 Å². The molecule has 0 amide bonds. The molecule has 194 valence electrons. The number of hydrogen-bond donors (Lipinski definition) is 0. The van der Waals surface area contributed by atoms with Crippen molar-refractivity contribution >= 4 is 0 Å². The Labute approximate surface area is 204 Å². The van der Waals surface area contributed by atoms with E-state index in [1.54, 1.807) is 0 Å². The van der Waals surface area contributed by atoms with E-state index in [9.17, 15) is 0 Å². The summed E-state index contributed by atoms with van der Waals surface area (Å²) in [5, 5.41) is 0. The molecule has 3 fully saturated rings. The Hall–Kier alpha value is -0.160. The lowest BCUT2D eigenvalue weighted by atomic mass is 9.73.